The van der Waals surface area contributed by atoms with Gasteiger partial charge in [0.25, 0.3) is 5.56 Å². The number of aryl methyl sites for hydroxylation is 1. The van der Waals surface area contributed by atoms with Crippen molar-refractivity contribution >= 4 is 11.6 Å². The first-order valence-electron chi connectivity index (χ1n) is 8.24. The number of H-pyrrole nitrogens is 1. The van der Waals surface area contributed by atoms with Crippen LogP contribution in [0.4, 0.5) is 0 Å². The Kier molecular flexibility index (Phi) is 4.19. The summed E-state index contributed by atoms with van der Waals surface area (Å²) in [4.78, 5) is 22.3. The Hall–Kier alpha value is -2.37. The van der Waals surface area contributed by atoms with Gasteiger partial charge in [0.15, 0.2) is 0 Å². The summed E-state index contributed by atoms with van der Waals surface area (Å²) < 4.78 is 5.64. The van der Waals surface area contributed by atoms with E-state index in [0.717, 1.165) is 41.3 Å². The Morgan fingerprint density at radius 2 is 2.04 bits per heavy atom. The van der Waals surface area contributed by atoms with Crippen molar-refractivity contribution in [1.29, 1.82) is 0 Å². The van der Waals surface area contributed by atoms with Gasteiger partial charge in [-0.25, -0.2) is 4.98 Å². The Morgan fingerprint density at radius 3 is 2.76 bits per heavy atom. The lowest BCUT2D eigenvalue weighted by atomic mass is 10.1. The maximum atomic E-state index is 12.6. The molecule has 0 unspecified atom stereocenters. The van der Waals surface area contributed by atoms with Crippen LogP contribution < -0.4 is 5.56 Å². The predicted octanol–water partition coefficient (Wildman–Crippen LogP) is 3.55. The number of aromatic amines is 1. The van der Waals surface area contributed by atoms with Crippen molar-refractivity contribution in [3.63, 3.8) is 0 Å². The lowest BCUT2D eigenvalue weighted by molar-refractivity contribution is 0.221. The van der Waals surface area contributed by atoms with Crippen LogP contribution in [0.2, 0.25) is 5.02 Å². The zero-order valence-electron chi connectivity index (χ0n) is 13.9. The number of hydrogen-bond acceptors (Lipinski definition) is 4. The largest absolute Gasteiger partial charge is 0.465 e. The van der Waals surface area contributed by atoms with Crippen molar-refractivity contribution in [2.24, 2.45) is 0 Å². The first-order chi connectivity index (χ1) is 12.1. The van der Waals surface area contributed by atoms with E-state index in [0.29, 0.717) is 23.9 Å². The second kappa shape index (κ2) is 6.50. The minimum atomic E-state index is -0.0738. The van der Waals surface area contributed by atoms with E-state index < -0.39 is 0 Å². The fourth-order valence-electron chi connectivity index (χ4n) is 3.15. The summed E-state index contributed by atoms with van der Waals surface area (Å²) in [6, 6.07) is 11.3. The molecule has 0 radical (unpaired) electrons. The second-order valence-corrected chi connectivity index (χ2v) is 6.76. The maximum Gasteiger partial charge on any atom is 0.255 e. The zero-order chi connectivity index (χ0) is 17.4. The Balaban J connectivity index is 1.59. The number of furan rings is 1. The topological polar surface area (TPSA) is 62.1 Å². The Bertz CT molecular complexity index is 960. The van der Waals surface area contributed by atoms with Crippen molar-refractivity contribution in [1.82, 2.24) is 14.9 Å². The molecule has 5 nitrogen and oxygen atoms in total. The molecule has 6 heteroatoms. The lowest BCUT2D eigenvalue weighted by Gasteiger charge is -2.26. The number of aromatic nitrogens is 2. The van der Waals surface area contributed by atoms with Crippen LogP contribution in [-0.4, -0.2) is 21.4 Å². The molecule has 1 aromatic carbocycles. The molecule has 1 aliphatic rings. The molecule has 0 atom stereocenters. The van der Waals surface area contributed by atoms with Crippen LogP contribution in [0.15, 0.2) is 45.6 Å². The second-order valence-electron chi connectivity index (χ2n) is 6.32. The average molecular weight is 356 g/mol. The minimum Gasteiger partial charge on any atom is -0.465 e. The normalized spacial score (nSPS) is 14.5. The first-order valence-corrected chi connectivity index (χ1v) is 8.62. The molecule has 25 heavy (non-hydrogen) atoms. The molecular formula is C19H18ClN3O2. The SMILES string of the molecule is Cc1ccc(CN2CCc3nc(-c4ccc(Cl)cc4)[nH]c(=O)c3C2)o1. The monoisotopic (exact) mass is 355 g/mol. The van der Waals surface area contributed by atoms with E-state index in [4.69, 9.17) is 16.0 Å². The van der Waals surface area contributed by atoms with Crippen LogP contribution in [0, 0.1) is 6.92 Å². The number of hydrogen-bond donors (Lipinski definition) is 1. The molecule has 3 aromatic rings. The molecule has 0 saturated carbocycles. The van der Waals surface area contributed by atoms with Crippen LogP contribution in [0.25, 0.3) is 11.4 Å². The summed E-state index contributed by atoms with van der Waals surface area (Å²) in [6.45, 7) is 4.06. The summed E-state index contributed by atoms with van der Waals surface area (Å²) in [5.74, 6) is 2.41. The molecule has 128 valence electrons. The summed E-state index contributed by atoms with van der Waals surface area (Å²) in [5, 5.41) is 0.660. The highest BCUT2D eigenvalue weighted by Crippen LogP contribution is 2.21. The molecule has 2 aromatic heterocycles. The minimum absolute atomic E-state index is 0.0738. The molecule has 0 fully saturated rings. The number of benzene rings is 1. The lowest BCUT2D eigenvalue weighted by Crippen LogP contribution is -2.35. The summed E-state index contributed by atoms with van der Waals surface area (Å²) in [5.41, 5.74) is 2.40. The maximum absolute atomic E-state index is 12.6. The van der Waals surface area contributed by atoms with Crippen molar-refractivity contribution in [3.8, 4) is 11.4 Å². The Labute approximate surface area is 150 Å². The molecule has 0 amide bonds. The highest BCUT2D eigenvalue weighted by Gasteiger charge is 2.22. The molecule has 0 spiro atoms. The van der Waals surface area contributed by atoms with Crippen LogP contribution in [-0.2, 0) is 19.5 Å². The summed E-state index contributed by atoms with van der Waals surface area (Å²) in [7, 11) is 0. The van der Waals surface area contributed by atoms with E-state index in [9.17, 15) is 4.79 Å². The van der Waals surface area contributed by atoms with Crippen LogP contribution in [0.3, 0.4) is 0 Å². The summed E-state index contributed by atoms with van der Waals surface area (Å²) in [6.07, 6.45) is 0.750. The van der Waals surface area contributed by atoms with Crippen LogP contribution >= 0.6 is 11.6 Å². The van der Waals surface area contributed by atoms with Gasteiger partial charge < -0.3 is 9.40 Å². The van der Waals surface area contributed by atoms with Gasteiger partial charge in [0.1, 0.15) is 17.3 Å². The number of rotatable bonds is 3. The van der Waals surface area contributed by atoms with Crippen molar-refractivity contribution in [2.75, 3.05) is 6.54 Å². The fourth-order valence-corrected chi connectivity index (χ4v) is 3.28. The van der Waals surface area contributed by atoms with Gasteiger partial charge in [-0.05, 0) is 43.3 Å². The van der Waals surface area contributed by atoms with Gasteiger partial charge in [-0.3, -0.25) is 9.69 Å². The number of fused-ring (bicyclic) bond motifs is 1. The standard InChI is InChI=1S/C19H18ClN3O2/c1-12-2-7-15(25-12)10-23-9-8-17-16(11-23)19(24)22-18(21-17)13-3-5-14(20)6-4-13/h2-7H,8-11H2,1H3,(H,21,22,24). The van der Waals surface area contributed by atoms with Gasteiger partial charge in [-0.15, -0.1) is 0 Å². The third-order valence-corrected chi connectivity index (χ3v) is 4.69. The molecule has 1 N–H and O–H groups in total. The van der Waals surface area contributed by atoms with Crippen LogP contribution in [0.5, 0.6) is 0 Å². The van der Waals surface area contributed by atoms with Crippen LogP contribution in [0.1, 0.15) is 22.8 Å². The van der Waals surface area contributed by atoms with E-state index in [1.165, 1.54) is 0 Å². The highest BCUT2D eigenvalue weighted by molar-refractivity contribution is 6.30. The van der Waals surface area contributed by atoms with Gasteiger partial charge in [0, 0.05) is 30.1 Å². The fraction of sp³-hybridized carbons (Fsp3) is 0.263. The van der Waals surface area contributed by atoms with Crippen molar-refractivity contribution in [3.05, 3.63) is 74.6 Å². The molecule has 4 rings (SSSR count). The number of nitrogens with zero attached hydrogens (tertiary/aromatic N) is 2. The van der Waals surface area contributed by atoms with Gasteiger partial charge >= 0.3 is 0 Å². The third-order valence-electron chi connectivity index (χ3n) is 4.44. The van der Waals surface area contributed by atoms with E-state index >= 15 is 0 Å². The first kappa shape index (κ1) is 16.1. The average Bonchev–Trinajstić information content (AvgIpc) is 3.01. The molecule has 0 bridgehead atoms. The van der Waals surface area contributed by atoms with E-state index in [1.807, 2.05) is 31.2 Å². The van der Waals surface area contributed by atoms with Gasteiger partial charge in [-0.2, -0.15) is 0 Å². The molecule has 0 saturated heterocycles. The van der Waals surface area contributed by atoms with Crippen molar-refractivity contribution in [2.45, 2.75) is 26.4 Å². The molecular weight excluding hydrogens is 338 g/mol. The van der Waals surface area contributed by atoms with E-state index in [2.05, 4.69) is 14.9 Å². The summed E-state index contributed by atoms with van der Waals surface area (Å²) >= 11 is 5.92. The molecule has 1 aliphatic heterocycles. The number of halogens is 1. The third kappa shape index (κ3) is 3.38. The van der Waals surface area contributed by atoms with Gasteiger partial charge in [0.05, 0.1) is 17.8 Å². The van der Waals surface area contributed by atoms with Crippen molar-refractivity contribution < 1.29 is 4.42 Å². The molecule has 0 aliphatic carbocycles. The smallest absolute Gasteiger partial charge is 0.255 e. The van der Waals surface area contributed by atoms with E-state index in [-0.39, 0.29) is 5.56 Å². The van der Waals surface area contributed by atoms with Gasteiger partial charge in [-0.1, -0.05) is 11.6 Å². The predicted molar refractivity (Wildman–Crippen MR) is 96.6 cm³/mol. The molecule has 3 heterocycles. The number of nitrogens with one attached hydrogen (secondary N) is 1. The highest BCUT2D eigenvalue weighted by atomic mass is 35.5. The van der Waals surface area contributed by atoms with Gasteiger partial charge in [0.2, 0.25) is 0 Å². The zero-order valence-corrected chi connectivity index (χ0v) is 14.6. The van der Waals surface area contributed by atoms with E-state index in [1.54, 1.807) is 12.1 Å². The Morgan fingerprint density at radius 1 is 1.24 bits per heavy atom. The quantitative estimate of drug-likeness (QED) is 0.780.